The molecule has 1 fully saturated rings. The van der Waals surface area contributed by atoms with Crippen LogP contribution in [0.15, 0.2) is 0 Å². The van der Waals surface area contributed by atoms with Crippen molar-refractivity contribution >= 4 is 23.2 Å². The second-order valence-electron chi connectivity index (χ2n) is 5.97. The number of rotatable bonds is 3. The van der Waals surface area contributed by atoms with Gasteiger partial charge in [0.05, 0.1) is 10.7 Å². The number of nitrogens with two attached hydrogens (primary N) is 1. The first-order valence-corrected chi connectivity index (χ1v) is 8.12. The van der Waals surface area contributed by atoms with Crippen LogP contribution in [-0.4, -0.2) is 51.7 Å². The first kappa shape index (κ1) is 18.7. The minimum absolute atomic E-state index is 0.0540. The molecule has 0 aromatic carbocycles. The number of carbonyl (C=O) groups is 2. The zero-order chi connectivity index (χ0) is 18.3. The van der Waals surface area contributed by atoms with Gasteiger partial charge in [-0.25, -0.2) is 4.98 Å². The van der Waals surface area contributed by atoms with Gasteiger partial charge in [0.25, 0.3) is 11.8 Å². The van der Waals surface area contributed by atoms with E-state index in [1.807, 2.05) is 0 Å². The van der Waals surface area contributed by atoms with E-state index in [-0.39, 0.29) is 19.0 Å². The summed E-state index contributed by atoms with van der Waals surface area (Å²) >= 11 is 1.18. The highest BCUT2D eigenvalue weighted by atomic mass is 32.1. The molecule has 2 heterocycles. The molecular weight excluding hydrogens is 347 g/mol. The van der Waals surface area contributed by atoms with Crippen LogP contribution >= 0.6 is 11.3 Å². The van der Waals surface area contributed by atoms with E-state index >= 15 is 0 Å². The van der Waals surface area contributed by atoms with Gasteiger partial charge in [0.1, 0.15) is 4.88 Å². The maximum absolute atomic E-state index is 12.8. The van der Waals surface area contributed by atoms with Gasteiger partial charge in [-0.05, 0) is 26.7 Å². The number of aromatic nitrogens is 1. The number of nitrogens with zero attached hydrogens (tertiary/aromatic N) is 2. The number of aryl methyl sites for hydroxylation is 1. The molecule has 6 nitrogen and oxygen atoms in total. The number of likely N-dealkylation sites (tertiary alicyclic amines) is 1. The van der Waals surface area contributed by atoms with E-state index in [0.717, 1.165) is 4.90 Å². The number of hydrogen-bond acceptors (Lipinski definition) is 5. The molecule has 1 aromatic heterocycles. The summed E-state index contributed by atoms with van der Waals surface area (Å²) in [6, 6.07) is 0. The lowest BCUT2D eigenvalue weighted by atomic mass is 9.95. The second-order valence-corrected chi connectivity index (χ2v) is 7.00. The summed E-state index contributed by atoms with van der Waals surface area (Å²) in [5.74, 6) is -1.96. The fraction of sp³-hybridized carbons (Fsp3) is 0.643. The average molecular weight is 365 g/mol. The molecule has 1 saturated heterocycles. The molecule has 0 radical (unpaired) electrons. The summed E-state index contributed by atoms with van der Waals surface area (Å²) in [7, 11) is 0. The minimum atomic E-state index is -5.02. The molecule has 2 amide bonds. The lowest BCUT2D eigenvalue weighted by Gasteiger charge is -2.36. The molecule has 1 atom stereocenters. The van der Waals surface area contributed by atoms with Gasteiger partial charge in [0.15, 0.2) is 0 Å². The van der Waals surface area contributed by atoms with E-state index in [9.17, 15) is 27.9 Å². The van der Waals surface area contributed by atoms with Crippen LogP contribution in [0, 0.1) is 6.92 Å². The Morgan fingerprint density at radius 3 is 2.29 bits per heavy atom. The summed E-state index contributed by atoms with van der Waals surface area (Å²) in [6.45, 7) is 2.30. The van der Waals surface area contributed by atoms with Crippen molar-refractivity contribution in [2.45, 2.75) is 44.4 Å². The zero-order valence-corrected chi connectivity index (χ0v) is 14.0. The van der Waals surface area contributed by atoms with E-state index in [1.165, 1.54) is 11.3 Å². The van der Waals surface area contributed by atoms with E-state index in [0.29, 0.717) is 35.3 Å². The Balaban J connectivity index is 2.05. The normalized spacial score (nSPS) is 19.2. The highest BCUT2D eigenvalue weighted by Crippen LogP contribution is 2.36. The molecule has 0 saturated carbocycles. The zero-order valence-electron chi connectivity index (χ0n) is 13.2. The SMILES string of the molecule is Cc1nc(C2CCN(C(=O)C(C)(O)C(F)(F)F)CC2)sc1C(N)=O. The standard InChI is InChI=1S/C14H18F3N3O3S/c1-7-9(10(18)21)24-11(19-7)8-3-5-20(6-4-8)12(22)13(2,23)14(15,16)17/h8,23H,3-6H2,1-2H3,(H2,18,21). The number of hydrogen-bond donors (Lipinski definition) is 2. The summed E-state index contributed by atoms with van der Waals surface area (Å²) in [5, 5.41) is 10.2. The third-order valence-corrected chi connectivity index (χ3v) is 5.47. The van der Waals surface area contributed by atoms with E-state index < -0.39 is 23.6 Å². The molecule has 10 heteroatoms. The van der Waals surface area contributed by atoms with Crippen molar-refractivity contribution in [1.29, 1.82) is 0 Å². The van der Waals surface area contributed by atoms with Gasteiger partial charge in [0.2, 0.25) is 5.60 Å². The van der Waals surface area contributed by atoms with E-state index in [1.54, 1.807) is 6.92 Å². The fourth-order valence-corrected chi connectivity index (χ4v) is 3.67. The molecule has 0 bridgehead atoms. The van der Waals surface area contributed by atoms with Gasteiger partial charge in [-0.15, -0.1) is 11.3 Å². The van der Waals surface area contributed by atoms with Crippen molar-refractivity contribution in [3.05, 3.63) is 15.6 Å². The number of alkyl halides is 3. The van der Waals surface area contributed by atoms with Gasteiger partial charge >= 0.3 is 6.18 Å². The van der Waals surface area contributed by atoms with Crippen LogP contribution in [0.25, 0.3) is 0 Å². The van der Waals surface area contributed by atoms with Crippen LogP contribution in [-0.2, 0) is 4.79 Å². The van der Waals surface area contributed by atoms with Gasteiger partial charge < -0.3 is 15.7 Å². The maximum atomic E-state index is 12.8. The number of aliphatic hydroxyl groups is 1. The van der Waals surface area contributed by atoms with Gasteiger partial charge in [-0.2, -0.15) is 13.2 Å². The summed E-state index contributed by atoms with van der Waals surface area (Å²) in [4.78, 5) is 28.9. The largest absolute Gasteiger partial charge is 0.426 e. The summed E-state index contributed by atoms with van der Waals surface area (Å²) < 4.78 is 38.3. The van der Waals surface area contributed by atoms with Gasteiger partial charge in [-0.3, -0.25) is 9.59 Å². The number of halogens is 3. The Morgan fingerprint density at radius 2 is 1.88 bits per heavy atom. The molecule has 1 aromatic rings. The number of thiazole rings is 1. The van der Waals surface area contributed by atoms with Crippen molar-refractivity contribution in [1.82, 2.24) is 9.88 Å². The molecule has 1 unspecified atom stereocenters. The Kier molecular flexibility index (Phi) is 4.91. The molecule has 0 spiro atoms. The van der Waals surface area contributed by atoms with Crippen LogP contribution < -0.4 is 5.73 Å². The monoisotopic (exact) mass is 365 g/mol. The van der Waals surface area contributed by atoms with E-state index in [4.69, 9.17) is 5.73 Å². The fourth-order valence-electron chi connectivity index (χ4n) is 2.58. The third-order valence-electron chi connectivity index (χ3n) is 4.14. The van der Waals surface area contributed by atoms with Crippen LogP contribution in [0.4, 0.5) is 13.2 Å². The highest BCUT2D eigenvalue weighted by Gasteiger charge is 2.57. The van der Waals surface area contributed by atoms with Crippen molar-refractivity contribution in [2.24, 2.45) is 5.73 Å². The van der Waals surface area contributed by atoms with Crippen LogP contribution in [0.5, 0.6) is 0 Å². The predicted octanol–water partition coefficient (Wildman–Crippen LogP) is 1.57. The number of carbonyl (C=O) groups excluding carboxylic acids is 2. The first-order chi connectivity index (χ1) is 10.9. The van der Waals surface area contributed by atoms with E-state index in [2.05, 4.69) is 4.98 Å². The molecule has 3 N–H and O–H groups in total. The van der Waals surface area contributed by atoms with Crippen molar-refractivity contribution in [3.63, 3.8) is 0 Å². The Labute approximate surface area is 140 Å². The first-order valence-electron chi connectivity index (χ1n) is 7.30. The van der Waals surface area contributed by atoms with Crippen LogP contribution in [0.2, 0.25) is 0 Å². The van der Waals surface area contributed by atoms with Crippen molar-refractivity contribution in [2.75, 3.05) is 13.1 Å². The molecule has 1 aliphatic heterocycles. The van der Waals surface area contributed by atoms with Crippen LogP contribution in [0.1, 0.15) is 46.1 Å². The van der Waals surface area contributed by atoms with Crippen LogP contribution in [0.3, 0.4) is 0 Å². The Morgan fingerprint density at radius 1 is 1.33 bits per heavy atom. The number of primary amides is 1. The quantitative estimate of drug-likeness (QED) is 0.850. The average Bonchev–Trinajstić information content (AvgIpc) is 2.87. The summed E-state index contributed by atoms with van der Waals surface area (Å²) in [5.41, 5.74) is 2.39. The molecular formula is C14H18F3N3O3S. The highest BCUT2D eigenvalue weighted by molar-refractivity contribution is 7.13. The molecule has 134 valence electrons. The van der Waals surface area contributed by atoms with Gasteiger partial charge in [-0.1, -0.05) is 0 Å². The Bertz CT molecular complexity index is 649. The molecule has 2 rings (SSSR count). The van der Waals surface area contributed by atoms with Gasteiger partial charge in [0, 0.05) is 19.0 Å². The summed E-state index contributed by atoms with van der Waals surface area (Å²) in [6.07, 6.45) is -4.21. The molecule has 24 heavy (non-hydrogen) atoms. The third kappa shape index (κ3) is 3.39. The van der Waals surface area contributed by atoms with Crippen molar-refractivity contribution < 1.29 is 27.9 Å². The van der Waals surface area contributed by atoms with Crippen molar-refractivity contribution in [3.8, 4) is 0 Å². The minimum Gasteiger partial charge on any atom is -0.373 e. The number of piperidine rings is 1. The molecule has 1 aliphatic rings. The second kappa shape index (κ2) is 6.32. The lowest BCUT2D eigenvalue weighted by Crippen LogP contribution is -2.57. The number of amides is 2. The predicted molar refractivity (Wildman–Crippen MR) is 80.6 cm³/mol. The smallest absolute Gasteiger partial charge is 0.373 e. The maximum Gasteiger partial charge on any atom is 0.426 e. The Hall–Kier alpha value is -1.68. The topological polar surface area (TPSA) is 96.5 Å². The lowest BCUT2D eigenvalue weighted by molar-refractivity contribution is -0.250. The molecule has 0 aliphatic carbocycles.